The minimum absolute atomic E-state index is 0.986. The summed E-state index contributed by atoms with van der Waals surface area (Å²) in [5.41, 5.74) is 2.02. The van der Waals surface area contributed by atoms with E-state index >= 15 is 0 Å². The molecule has 1 aromatic carbocycles. The zero-order chi connectivity index (χ0) is 6.97. The van der Waals surface area contributed by atoms with E-state index in [0.717, 1.165) is 16.6 Å². The maximum Gasteiger partial charge on any atom is 0.0732 e. The molecule has 0 saturated carbocycles. The maximum atomic E-state index is 4.04. The van der Waals surface area contributed by atoms with Gasteiger partial charge in [0.2, 0.25) is 0 Å². The molecule has 0 amide bonds. The van der Waals surface area contributed by atoms with Crippen LogP contribution in [0.4, 0.5) is 0 Å². The SMILES string of the molecule is Cc1n[nH]c2[c]cccc12. The van der Waals surface area contributed by atoms with Gasteiger partial charge in [-0.25, -0.2) is 0 Å². The summed E-state index contributed by atoms with van der Waals surface area (Å²) in [5.74, 6) is 0. The van der Waals surface area contributed by atoms with Crippen LogP contribution in [0.3, 0.4) is 0 Å². The van der Waals surface area contributed by atoms with E-state index in [9.17, 15) is 0 Å². The first kappa shape index (κ1) is 5.47. The van der Waals surface area contributed by atoms with E-state index in [1.54, 1.807) is 0 Å². The van der Waals surface area contributed by atoms with Crippen LogP contribution in [0.1, 0.15) is 5.69 Å². The summed E-state index contributed by atoms with van der Waals surface area (Å²) < 4.78 is 0. The summed E-state index contributed by atoms with van der Waals surface area (Å²) in [6.45, 7) is 1.98. The predicted molar refractivity (Wildman–Crippen MR) is 39.7 cm³/mol. The molecule has 1 N–H and O–H groups in total. The standard InChI is InChI=1S/C8H7N2/c1-6-7-4-2-3-5-8(7)10-9-6/h2-4H,1H3,(H,9,10). The zero-order valence-electron chi connectivity index (χ0n) is 5.68. The highest BCUT2D eigenvalue weighted by Crippen LogP contribution is 2.12. The molecule has 0 atom stereocenters. The second-order valence-electron chi connectivity index (χ2n) is 2.27. The third kappa shape index (κ3) is 0.620. The van der Waals surface area contributed by atoms with Crippen LogP contribution in [0.15, 0.2) is 18.2 Å². The lowest BCUT2D eigenvalue weighted by Gasteiger charge is -1.83. The number of para-hydroxylation sites is 1. The third-order valence-corrected chi connectivity index (χ3v) is 1.58. The Bertz CT molecular complexity index is 349. The van der Waals surface area contributed by atoms with Gasteiger partial charge in [0.25, 0.3) is 0 Å². The molecule has 2 rings (SSSR count). The van der Waals surface area contributed by atoms with Crippen molar-refractivity contribution in [1.82, 2.24) is 10.2 Å². The molecule has 2 nitrogen and oxygen atoms in total. The Labute approximate surface area is 58.9 Å². The summed E-state index contributed by atoms with van der Waals surface area (Å²) in [6, 6.07) is 8.92. The molecule has 49 valence electrons. The van der Waals surface area contributed by atoms with Gasteiger partial charge in [-0.1, -0.05) is 18.2 Å². The highest BCUT2D eigenvalue weighted by molar-refractivity contribution is 5.80. The summed E-state index contributed by atoms with van der Waals surface area (Å²) in [4.78, 5) is 0. The summed E-state index contributed by atoms with van der Waals surface area (Å²) in [5, 5.41) is 8.08. The first-order valence-corrected chi connectivity index (χ1v) is 3.19. The Kier molecular flexibility index (Phi) is 1.01. The average Bonchev–Trinajstić information content (AvgIpc) is 2.34. The highest BCUT2D eigenvalue weighted by Gasteiger charge is 1.96. The van der Waals surface area contributed by atoms with E-state index in [1.807, 2.05) is 25.1 Å². The van der Waals surface area contributed by atoms with Gasteiger partial charge in [-0.3, -0.25) is 5.10 Å². The predicted octanol–water partition coefficient (Wildman–Crippen LogP) is 1.67. The Hall–Kier alpha value is -1.31. The van der Waals surface area contributed by atoms with Gasteiger partial charge in [-0.05, 0) is 6.92 Å². The van der Waals surface area contributed by atoms with Crippen molar-refractivity contribution in [1.29, 1.82) is 0 Å². The van der Waals surface area contributed by atoms with Crippen molar-refractivity contribution in [2.45, 2.75) is 6.92 Å². The van der Waals surface area contributed by atoms with Gasteiger partial charge in [0, 0.05) is 11.5 Å². The average molecular weight is 131 g/mol. The first-order valence-electron chi connectivity index (χ1n) is 3.19. The van der Waals surface area contributed by atoms with Crippen LogP contribution >= 0.6 is 0 Å². The molecule has 1 heterocycles. The molecule has 10 heavy (non-hydrogen) atoms. The Morgan fingerprint density at radius 2 is 2.50 bits per heavy atom. The van der Waals surface area contributed by atoms with Gasteiger partial charge in [0.1, 0.15) is 0 Å². The van der Waals surface area contributed by atoms with Gasteiger partial charge >= 0.3 is 0 Å². The second kappa shape index (κ2) is 1.84. The van der Waals surface area contributed by atoms with Gasteiger partial charge in [-0.2, -0.15) is 5.10 Å². The molecule has 1 radical (unpaired) electrons. The monoisotopic (exact) mass is 131 g/mol. The van der Waals surface area contributed by atoms with Crippen LogP contribution in [0.5, 0.6) is 0 Å². The molecule has 2 heteroatoms. The quantitative estimate of drug-likeness (QED) is 0.578. The fraction of sp³-hybridized carbons (Fsp3) is 0.125. The Morgan fingerprint density at radius 1 is 1.60 bits per heavy atom. The molecule has 0 fully saturated rings. The number of hydrogen-bond acceptors (Lipinski definition) is 1. The van der Waals surface area contributed by atoms with Crippen LogP contribution in [0, 0.1) is 13.0 Å². The van der Waals surface area contributed by atoms with Crippen molar-refractivity contribution in [3.63, 3.8) is 0 Å². The molecule has 2 aromatic rings. The van der Waals surface area contributed by atoms with E-state index in [4.69, 9.17) is 0 Å². The third-order valence-electron chi connectivity index (χ3n) is 1.58. The topological polar surface area (TPSA) is 28.7 Å². The highest BCUT2D eigenvalue weighted by atomic mass is 15.1. The largest absolute Gasteiger partial charge is 0.277 e. The number of rotatable bonds is 0. The lowest BCUT2D eigenvalue weighted by Crippen LogP contribution is -1.67. The molecular formula is C8H7N2. The minimum atomic E-state index is 0.986. The number of H-pyrrole nitrogens is 1. The number of nitrogens with zero attached hydrogens (tertiary/aromatic N) is 1. The zero-order valence-corrected chi connectivity index (χ0v) is 5.68. The van der Waals surface area contributed by atoms with Gasteiger partial charge in [0.05, 0.1) is 11.2 Å². The van der Waals surface area contributed by atoms with E-state index in [-0.39, 0.29) is 0 Å². The fourth-order valence-electron chi connectivity index (χ4n) is 1.03. The van der Waals surface area contributed by atoms with Crippen LogP contribution in [0.2, 0.25) is 0 Å². The van der Waals surface area contributed by atoms with Crippen LogP contribution < -0.4 is 0 Å². The smallest absolute Gasteiger partial charge is 0.0732 e. The van der Waals surface area contributed by atoms with E-state index < -0.39 is 0 Å². The number of aryl methyl sites for hydroxylation is 1. The number of fused-ring (bicyclic) bond motifs is 1. The van der Waals surface area contributed by atoms with Crippen molar-refractivity contribution in [2.75, 3.05) is 0 Å². The van der Waals surface area contributed by atoms with Gasteiger partial charge < -0.3 is 0 Å². The lowest BCUT2D eigenvalue weighted by atomic mass is 10.2. The van der Waals surface area contributed by atoms with Crippen molar-refractivity contribution in [3.8, 4) is 0 Å². The summed E-state index contributed by atoms with van der Waals surface area (Å²) >= 11 is 0. The number of aromatic amines is 1. The van der Waals surface area contributed by atoms with Crippen molar-refractivity contribution >= 4 is 10.9 Å². The van der Waals surface area contributed by atoms with Crippen molar-refractivity contribution in [3.05, 3.63) is 30.0 Å². The molecule has 0 aliphatic rings. The van der Waals surface area contributed by atoms with E-state index in [2.05, 4.69) is 16.3 Å². The van der Waals surface area contributed by atoms with Crippen LogP contribution in [-0.4, -0.2) is 10.2 Å². The minimum Gasteiger partial charge on any atom is -0.277 e. The molecule has 0 unspecified atom stereocenters. The molecule has 0 aliphatic carbocycles. The van der Waals surface area contributed by atoms with Gasteiger partial charge in [-0.15, -0.1) is 0 Å². The normalized spacial score (nSPS) is 10.5. The molecule has 1 aromatic heterocycles. The van der Waals surface area contributed by atoms with E-state index in [0.29, 0.717) is 0 Å². The Balaban J connectivity index is 2.93. The molecular weight excluding hydrogens is 124 g/mol. The number of hydrogen-bond donors (Lipinski definition) is 1. The summed E-state index contributed by atoms with van der Waals surface area (Å²) in [6.07, 6.45) is 0. The number of benzene rings is 1. The molecule has 0 saturated heterocycles. The van der Waals surface area contributed by atoms with Crippen molar-refractivity contribution < 1.29 is 0 Å². The molecule has 0 aliphatic heterocycles. The Morgan fingerprint density at radius 3 is 3.30 bits per heavy atom. The molecule has 0 bridgehead atoms. The first-order chi connectivity index (χ1) is 4.88. The lowest BCUT2D eigenvalue weighted by molar-refractivity contribution is 1.07. The van der Waals surface area contributed by atoms with Crippen molar-refractivity contribution in [2.24, 2.45) is 0 Å². The van der Waals surface area contributed by atoms with Crippen LogP contribution in [0.25, 0.3) is 10.9 Å². The summed E-state index contributed by atoms with van der Waals surface area (Å²) in [7, 11) is 0. The van der Waals surface area contributed by atoms with E-state index in [1.165, 1.54) is 0 Å². The number of nitrogens with one attached hydrogen (secondary N) is 1. The second-order valence-corrected chi connectivity index (χ2v) is 2.27. The van der Waals surface area contributed by atoms with Gasteiger partial charge in [0.15, 0.2) is 0 Å². The van der Waals surface area contributed by atoms with Crippen LogP contribution in [-0.2, 0) is 0 Å². The maximum absolute atomic E-state index is 4.04. The molecule has 0 spiro atoms. The number of aromatic nitrogens is 2. The fourth-order valence-corrected chi connectivity index (χ4v) is 1.03.